The Morgan fingerprint density at radius 3 is 2.58 bits per heavy atom. The van der Waals surface area contributed by atoms with Gasteiger partial charge in [0.2, 0.25) is 0 Å². The molecule has 1 heterocycles. The molecule has 0 N–H and O–H groups in total. The van der Waals surface area contributed by atoms with Crippen LogP contribution in [-0.2, 0) is 4.79 Å². The zero-order chi connectivity index (χ0) is 18.7. The van der Waals surface area contributed by atoms with Crippen molar-refractivity contribution < 1.29 is 19.2 Å². The molecule has 0 bridgehead atoms. The number of benzene rings is 2. The van der Waals surface area contributed by atoms with Crippen molar-refractivity contribution in [3.63, 3.8) is 0 Å². The number of rotatable bonds is 5. The molecule has 0 spiro atoms. The van der Waals surface area contributed by atoms with Crippen molar-refractivity contribution in [2.75, 3.05) is 11.5 Å². The van der Waals surface area contributed by atoms with Crippen LogP contribution in [0.15, 0.2) is 53.4 Å². The second-order valence-corrected chi connectivity index (χ2v) is 6.29. The van der Waals surface area contributed by atoms with Gasteiger partial charge in [0.1, 0.15) is 5.75 Å². The number of hydrogen-bond donors (Lipinski definition) is 0. The fraction of sp³-hybridized carbons (Fsp3) is 0.111. The maximum Gasteiger partial charge on any atom is 0.298 e. The lowest BCUT2D eigenvalue weighted by molar-refractivity contribution is -0.384. The van der Waals surface area contributed by atoms with Gasteiger partial charge in [-0.1, -0.05) is 12.1 Å². The lowest BCUT2D eigenvalue weighted by Gasteiger charge is -2.13. The quantitative estimate of drug-likeness (QED) is 0.444. The van der Waals surface area contributed by atoms with Crippen LogP contribution in [0.4, 0.5) is 16.2 Å². The highest BCUT2D eigenvalue weighted by atomic mass is 32.2. The van der Waals surface area contributed by atoms with E-state index in [0.717, 1.165) is 16.7 Å². The molecule has 132 valence electrons. The fourth-order valence-corrected chi connectivity index (χ4v) is 3.27. The summed E-state index contributed by atoms with van der Waals surface area (Å²) in [7, 11) is 0. The molecule has 0 saturated carbocycles. The number of amides is 2. The summed E-state index contributed by atoms with van der Waals surface area (Å²) >= 11 is 0.798. The van der Waals surface area contributed by atoms with Gasteiger partial charge in [-0.05, 0) is 54.6 Å². The first-order valence-corrected chi connectivity index (χ1v) is 8.56. The Morgan fingerprint density at radius 2 is 1.92 bits per heavy atom. The zero-order valence-electron chi connectivity index (χ0n) is 13.7. The molecule has 26 heavy (non-hydrogen) atoms. The number of nitrogens with zero attached hydrogens (tertiary/aromatic N) is 2. The summed E-state index contributed by atoms with van der Waals surface area (Å²) in [6.07, 6.45) is 1.48. The number of nitro groups is 1. The van der Waals surface area contributed by atoms with E-state index in [0.29, 0.717) is 23.6 Å². The van der Waals surface area contributed by atoms with Crippen molar-refractivity contribution in [2.24, 2.45) is 0 Å². The Kier molecular flexibility index (Phi) is 5.04. The molecule has 7 nitrogen and oxygen atoms in total. The van der Waals surface area contributed by atoms with Crippen LogP contribution in [0.5, 0.6) is 5.75 Å². The Balaban J connectivity index is 1.86. The van der Waals surface area contributed by atoms with E-state index >= 15 is 0 Å². The lowest BCUT2D eigenvalue weighted by atomic mass is 10.2. The predicted octanol–water partition coefficient (Wildman–Crippen LogP) is 4.23. The number of anilines is 1. The van der Waals surface area contributed by atoms with Crippen molar-refractivity contribution >= 4 is 40.4 Å². The highest BCUT2D eigenvalue weighted by molar-refractivity contribution is 8.19. The minimum atomic E-state index is -0.511. The Hall–Kier alpha value is -3.13. The highest BCUT2D eigenvalue weighted by Gasteiger charge is 2.36. The molecule has 1 saturated heterocycles. The molecule has 3 rings (SSSR count). The van der Waals surface area contributed by atoms with Gasteiger partial charge in [-0.25, -0.2) is 4.90 Å². The van der Waals surface area contributed by atoms with Gasteiger partial charge in [0.15, 0.2) is 0 Å². The van der Waals surface area contributed by atoms with E-state index in [1.807, 2.05) is 6.92 Å². The molecule has 0 unspecified atom stereocenters. The van der Waals surface area contributed by atoms with Crippen LogP contribution in [-0.4, -0.2) is 22.7 Å². The van der Waals surface area contributed by atoms with Crippen LogP contribution in [0.25, 0.3) is 6.08 Å². The van der Waals surface area contributed by atoms with Gasteiger partial charge in [0.25, 0.3) is 16.8 Å². The van der Waals surface area contributed by atoms with Crippen LogP contribution in [0.3, 0.4) is 0 Å². The summed E-state index contributed by atoms with van der Waals surface area (Å²) in [5.74, 6) is 0.186. The van der Waals surface area contributed by atoms with Crippen LogP contribution < -0.4 is 9.64 Å². The van der Waals surface area contributed by atoms with Gasteiger partial charge in [-0.2, -0.15) is 0 Å². The van der Waals surface area contributed by atoms with Gasteiger partial charge in [0, 0.05) is 12.1 Å². The standard InChI is InChI=1S/C18H14N2O5S/c1-2-25-15-8-6-13(7-9-15)19-17(21)16(26-18(19)22)11-12-4-3-5-14(10-12)20(23)24/h3-11H,2H2,1H3/b16-11+. The molecule has 1 aliphatic heterocycles. The molecule has 0 atom stereocenters. The Bertz CT molecular complexity index is 908. The second-order valence-electron chi connectivity index (χ2n) is 5.30. The molecule has 1 fully saturated rings. The molecule has 0 aromatic heterocycles. The number of non-ortho nitro benzene ring substituents is 1. The van der Waals surface area contributed by atoms with E-state index in [2.05, 4.69) is 0 Å². The van der Waals surface area contributed by atoms with Gasteiger partial charge in [0.05, 0.1) is 22.1 Å². The third-order valence-electron chi connectivity index (χ3n) is 3.58. The smallest absolute Gasteiger partial charge is 0.298 e. The average Bonchev–Trinajstić information content (AvgIpc) is 2.90. The first-order chi connectivity index (χ1) is 12.5. The van der Waals surface area contributed by atoms with Crippen LogP contribution in [0, 0.1) is 10.1 Å². The number of nitro benzene ring substituents is 1. The normalized spacial score (nSPS) is 15.6. The molecule has 8 heteroatoms. The van der Waals surface area contributed by atoms with Crippen molar-refractivity contribution in [1.82, 2.24) is 0 Å². The topological polar surface area (TPSA) is 89.8 Å². The van der Waals surface area contributed by atoms with Crippen molar-refractivity contribution in [2.45, 2.75) is 6.92 Å². The molecular weight excluding hydrogens is 356 g/mol. The van der Waals surface area contributed by atoms with E-state index in [4.69, 9.17) is 4.74 Å². The Morgan fingerprint density at radius 1 is 1.19 bits per heavy atom. The van der Waals surface area contributed by atoms with Gasteiger partial charge in [-0.15, -0.1) is 0 Å². The number of imide groups is 1. The summed E-state index contributed by atoms with van der Waals surface area (Å²) in [5, 5.41) is 10.4. The number of ether oxygens (including phenoxy) is 1. The maximum atomic E-state index is 12.6. The third-order valence-corrected chi connectivity index (χ3v) is 4.45. The monoisotopic (exact) mass is 370 g/mol. The first kappa shape index (κ1) is 17.7. The minimum Gasteiger partial charge on any atom is -0.494 e. The number of thioether (sulfide) groups is 1. The zero-order valence-corrected chi connectivity index (χ0v) is 14.6. The first-order valence-electron chi connectivity index (χ1n) is 7.75. The third kappa shape index (κ3) is 3.60. The molecule has 0 aliphatic carbocycles. The van der Waals surface area contributed by atoms with E-state index in [1.165, 1.54) is 24.3 Å². The molecule has 2 aromatic rings. The van der Waals surface area contributed by atoms with Crippen molar-refractivity contribution in [3.05, 3.63) is 69.1 Å². The van der Waals surface area contributed by atoms with Gasteiger partial charge < -0.3 is 4.74 Å². The summed E-state index contributed by atoms with van der Waals surface area (Å²) < 4.78 is 5.35. The number of carbonyl (C=O) groups is 2. The van der Waals surface area contributed by atoms with Crippen LogP contribution in [0.1, 0.15) is 12.5 Å². The van der Waals surface area contributed by atoms with Crippen LogP contribution >= 0.6 is 11.8 Å². The van der Waals surface area contributed by atoms with Crippen LogP contribution in [0.2, 0.25) is 0 Å². The fourth-order valence-electron chi connectivity index (χ4n) is 2.43. The molecular formula is C18H14N2O5S. The van der Waals surface area contributed by atoms with E-state index in [9.17, 15) is 19.7 Å². The maximum absolute atomic E-state index is 12.6. The summed E-state index contributed by atoms with van der Waals surface area (Å²) in [6.45, 7) is 2.38. The summed E-state index contributed by atoms with van der Waals surface area (Å²) in [5.41, 5.74) is 0.847. The Labute approximate surface area is 153 Å². The largest absolute Gasteiger partial charge is 0.494 e. The van der Waals surface area contributed by atoms with Crippen molar-refractivity contribution in [3.8, 4) is 5.75 Å². The minimum absolute atomic E-state index is 0.0792. The summed E-state index contributed by atoms with van der Waals surface area (Å²) in [4.78, 5) is 36.5. The molecule has 0 radical (unpaired) electrons. The average molecular weight is 370 g/mol. The molecule has 1 aliphatic rings. The van der Waals surface area contributed by atoms with Crippen molar-refractivity contribution in [1.29, 1.82) is 0 Å². The highest BCUT2D eigenvalue weighted by Crippen LogP contribution is 2.36. The SMILES string of the molecule is CCOc1ccc(N2C(=O)S/C(=C/c3cccc([N+](=O)[O-])c3)C2=O)cc1. The lowest BCUT2D eigenvalue weighted by Crippen LogP contribution is -2.27. The predicted molar refractivity (Wildman–Crippen MR) is 99.2 cm³/mol. The van der Waals surface area contributed by atoms with E-state index in [1.54, 1.807) is 30.3 Å². The summed E-state index contributed by atoms with van der Waals surface area (Å²) in [6, 6.07) is 12.5. The van der Waals surface area contributed by atoms with Gasteiger partial charge >= 0.3 is 0 Å². The second kappa shape index (κ2) is 7.40. The number of carbonyl (C=O) groups excluding carboxylic acids is 2. The van der Waals surface area contributed by atoms with E-state index in [-0.39, 0.29) is 10.6 Å². The van der Waals surface area contributed by atoms with E-state index < -0.39 is 16.1 Å². The molecule has 2 amide bonds. The molecule has 2 aromatic carbocycles. The number of hydrogen-bond acceptors (Lipinski definition) is 6. The van der Waals surface area contributed by atoms with Gasteiger partial charge in [-0.3, -0.25) is 19.7 Å².